The molecule has 5 heterocycles. The molecule has 3 fully saturated rings. The Balaban J connectivity index is 0.966. The van der Waals surface area contributed by atoms with Crippen LogP contribution in [0.4, 0.5) is 24.7 Å². The maximum absolute atomic E-state index is 13.1. The largest absolute Gasteiger partial charge is 0.368 e. The van der Waals surface area contributed by atoms with Crippen LogP contribution in [0.15, 0.2) is 35.2 Å². The van der Waals surface area contributed by atoms with E-state index in [0.29, 0.717) is 47.8 Å². The molecule has 12 nitrogen and oxygen atoms in total. The molecule has 2 aliphatic heterocycles. The molecule has 1 aliphatic carbocycles. The van der Waals surface area contributed by atoms with Gasteiger partial charge in [-0.2, -0.15) is 0 Å². The monoisotopic (exact) mass is 670 g/mol. The number of aromatic nitrogens is 5. The summed E-state index contributed by atoms with van der Waals surface area (Å²) in [5.74, 6) is -0.0715. The zero-order valence-electron chi connectivity index (χ0n) is 25.7. The summed E-state index contributed by atoms with van der Waals surface area (Å²) in [4.78, 5) is 37.7. The van der Waals surface area contributed by atoms with Crippen molar-refractivity contribution in [2.24, 2.45) is 4.99 Å². The Morgan fingerprint density at radius 3 is 2.15 bits per heavy atom. The summed E-state index contributed by atoms with van der Waals surface area (Å²) in [6.45, 7) is 5.19. The lowest BCUT2D eigenvalue weighted by molar-refractivity contribution is -0.116. The fourth-order valence-electron chi connectivity index (χ4n) is 5.65. The molecule has 244 valence electrons. The van der Waals surface area contributed by atoms with E-state index in [0.717, 1.165) is 47.1 Å². The van der Waals surface area contributed by atoms with Crippen molar-refractivity contribution in [3.05, 3.63) is 45.9 Å². The number of hydrogen-bond donors (Lipinski definition) is 2. The van der Waals surface area contributed by atoms with Crippen molar-refractivity contribution in [3.8, 4) is 0 Å². The number of hydrogen-bond acceptors (Lipinski definition) is 12. The number of halogens is 2. The fourth-order valence-corrected chi connectivity index (χ4v) is 7.46. The maximum atomic E-state index is 13.1. The van der Waals surface area contributed by atoms with Gasteiger partial charge < -0.3 is 20.4 Å². The first-order chi connectivity index (χ1) is 22.2. The number of alkyl halides is 2. The number of rotatable bonds is 11. The maximum Gasteiger partial charge on any atom is 0.232 e. The number of pyridine rings is 1. The van der Waals surface area contributed by atoms with E-state index in [9.17, 15) is 18.4 Å². The van der Waals surface area contributed by atoms with Gasteiger partial charge in [-0.3, -0.25) is 19.6 Å². The number of carbonyl (C=O) groups is 2. The molecule has 2 amide bonds. The van der Waals surface area contributed by atoms with Crippen LogP contribution < -0.4 is 15.5 Å². The number of nitrogens with zero attached hydrogens (tertiary/aromatic N) is 8. The number of amides is 2. The first-order valence-corrected chi connectivity index (χ1v) is 17.0. The number of nitrogens with one attached hydrogen (secondary N) is 2. The van der Waals surface area contributed by atoms with Gasteiger partial charge in [-0.1, -0.05) is 29.1 Å². The molecule has 3 aromatic heterocycles. The molecule has 2 N–H and O–H groups in total. The molecule has 3 aromatic rings. The summed E-state index contributed by atoms with van der Waals surface area (Å²) in [7, 11) is 0. The fraction of sp³-hybridized carbons (Fsp3) is 0.533. The van der Waals surface area contributed by atoms with Gasteiger partial charge in [0.2, 0.25) is 22.1 Å². The minimum absolute atomic E-state index is 0.103. The van der Waals surface area contributed by atoms with E-state index in [-0.39, 0.29) is 36.5 Å². The third-order valence-electron chi connectivity index (χ3n) is 8.32. The molecular formula is C30H36F2N10O2S2. The summed E-state index contributed by atoms with van der Waals surface area (Å²) >= 11 is 2.77. The van der Waals surface area contributed by atoms with Crippen molar-refractivity contribution in [3.63, 3.8) is 0 Å². The topological polar surface area (TPSA) is 141 Å². The van der Waals surface area contributed by atoms with Crippen molar-refractivity contribution in [2.45, 2.75) is 76.6 Å². The highest BCUT2D eigenvalue weighted by Gasteiger charge is 2.30. The van der Waals surface area contributed by atoms with Crippen LogP contribution in [-0.4, -0.2) is 86.3 Å². The Morgan fingerprint density at radius 1 is 0.935 bits per heavy atom. The number of likely N-dealkylation sites (tertiary alicyclic amines) is 1. The predicted octanol–water partition coefficient (Wildman–Crippen LogP) is 4.87. The second kappa shape index (κ2) is 14.2. The minimum Gasteiger partial charge on any atom is -0.368 e. The van der Waals surface area contributed by atoms with Gasteiger partial charge in [0.1, 0.15) is 22.4 Å². The van der Waals surface area contributed by atoms with E-state index in [1.165, 1.54) is 22.7 Å². The van der Waals surface area contributed by atoms with E-state index in [4.69, 9.17) is 0 Å². The average molecular weight is 671 g/mol. The molecule has 0 unspecified atom stereocenters. The Bertz CT molecular complexity index is 1600. The Morgan fingerprint density at radius 2 is 1.57 bits per heavy atom. The normalized spacial score (nSPS) is 21.1. The van der Waals surface area contributed by atoms with E-state index >= 15 is 0 Å². The van der Waals surface area contributed by atoms with Gasteiger partial charge in [0.15, 0.2) is 0 Å². The molecule has 1 saturated carbocycles. The molecular weight excluding hydrogens is 635 g/mol. The van der Waals surface area contributed by atoms with Gasteiger partial charge in [0.05, 0.1) is 50.9 Å². The van der Waals surface area contributed by atoms with E-state index < -0.39 is 12.3 Å². The van der Waals surface area contributed by atoms with Crippen molar-refractivity contribution in [2.75, 3.05) is 41.7 Å². The third-order valence-corrected chi connectivity index (χ3v) is 10.3. The highest BCUT2D eigenvalue weighted by Crippen LogP contribution is 2.43. The van der Waals surface area contributed by atoms with Crippen LogP contribution in [0.2, 0.25) is 0 Å². The molecule has 2 saturated heterocycles. The van der Waals surface area contributed by atoms with Gasteiger partial charge in [-0.25, -0.2) is 8.78 Å². The molecule has 0 aromatic carbocycles. The average Bonchev–Trinajstić information content (AvgIpc) is 3.67. The zero-order valence-corrected chi connectivity index (χ0v) is 27.3. The SMILES string of the molecule is C/C(=C\N=C(/C)CC(=O)Nc1nnc([C@H]2CCC[C@H](c3nnc(NC(=O)Cc4ccc(N5CC(F)C5)cn4)s3)C2)s1)N1CC(F)C1. The van der Waals surface area contributed by atoms with E-state index in [1.807, 2.05) is 22.8 Å². The number of anilines is 3. The zero-order chi connectivity index (χ0) is 32.2. The van der Waals surface area contributed by atoms with Crippen LogP contribution in [0.3, 0.4) is 0 Å². The first-order valence-electron chi connectivity index (χ1n) is 15.4. The van der Waals surface area contributed by atoms with Gasteiger partial charge in [-0.15, -0.1) is 20.4 Å². The Labute approximate surface area is 273 Å². The van der Waals surface area contributed by atoms with Crippen molar-refractivity contribution in [1.29, 1.82) is 0 Å². The standard InChI is InChI=1S/C30H36F2N10O2S2/c1-17(33-11-18(2)41-13-21(31)14-41)8-25(43)35-29-39-37-27(45-29)19-4-3-5-20(9-19)28-38-40-30(46-28)36-26(44)10-23-6-7-24(12-34-23)42-15-22(32)16-42/h6-7,11-12,19-22H,3-5,8-10,13-16H2,1-2H3,(H,35,39,43)(H,36,40,44)/b18-11+,33-17+/t19-,20-/m0/s1. The lowest BCUT2D eigenvalue weighted by atomic mass is 9.82. The molecule has 0 radical (unpaired) electrons. The third kappa shape index (κ3) is 8.07. The Hall–Kier alpha value is -3.92. The van der Waals surface area contributed by atoms with Gasteiger partial charge in [-0.05, 0) is 45.2 Å². The van der Waals surface area contributed by atoms with Crippen LogP contribution in [0.25, 0.3) is 0 Å². The highest BCUT2D eigenvalue weighted by atomic mass is 32.1. The summed E-state index contributed by atoms with van der Waals surface area (Å²) in [6.07, 6.45) is 5.76. The molecule has 0 bridgehead atoms. The molecule has 16 heteroatoms. The van der Waals surface area contributed by atoms with Crippen LogP contribution in [-0.2, 0) is 16.0 Å². The molecule has 6 rings (SSSR count). The molecule has 3 aliphatic rings. The molecule has 2 atom stereocenters. The van der Waals surface area contributed by atoms with Crippen LogP contribution in [0.1, 0.15) is 73.5 Å². The van der Waals surface area contributed by atoms with Gasteiger partial charge in [0, 0.05) is 35.1 Å². The summed E-state index contributed by atoms with van der Waals surface area (Å²) < 4.78 is 26.2. The van der Waals surface area contributed by atoms with Crippen molar-refractivity contribution < 1.29 is 18.4 Å². The quantitative estimate of drug-likeness (QED) is 0.273. The number of carbonyl (C=O) groups excluding carboxylic acids is 2. The van der Waals surface area contributed by atoms with Crippen molar-refractivity contribution >= 4 is 56.2 Å². The number of aliphatic imine (C=N–C) groups is 1. The van der Waals surface area contributed by atoms with Gasteiger partial charge in [0.25, 0.3) is 0 Å². The second-order valence-corrected chi connectivity index (χ2v) is 14.1. The molecule has 46 heavy (non-hydrogen) atoms. The first kappa shape index (κ1) is 32.0. The second-order valence-electron chi connectivity index (χ2n) is 12.0. The summed E-state index contributed by atoms with van der Waals surface area (Å²) in [5.41, 5.74) is 3.00. The van der Waals surface area contributed by atoms with E-state index in [1.54, 1.807) is 25.4 Å². The summed E-state index contributed by atoms with van der Waals surface area (Å²) in [6, 6.07) is 3.64. The molecule has 0 spiro atoms. The number of allylic oxidation sites excluding steroid dienone is 1. The smallest absolute Gasteiger partial charge is 0.232 e. The Kier molecular flexibility index (Phi) is 9.92. The summed E-state index contributed by atoms with van der Waals surface area (Å²) in [5, 5.41) is 25.5. The highest BCUT2D eigenvalue weighted by molar-refractivity contribution is 7.15. The van der Waals surface area contributed by atoms with Crippen LogP contribution in [0.5, 0.6) is 0 Å². The lowest BCUT2D eigenvalue weighted by Crippen LogP contribution is -2.48. The van der Waals surface area contributed by atoms with Crippen LogP contribution >= 0.6 is 22.7 Å². The van der Waals surface area contributed by atoms with E-state index in [2.05, 4.69) is 41.0 Å². The predicted molar refractivity (Wildman–Crippen MR) is 174 cm³/mol. The van der Waals surface area contributed by atoms with Crippen LogP contribution in [0, 0.1) is 0 Å². The minimum atomic E-state index is -0.789. The van der Waals surface area contributed by atoms with Crippen molar-refractivity contribution in [1.82, 2.24) is 30.3 Å². The van der Waals surface area contributed by atoms with Gasteiger partial charge >= 0.3 is 0 Å². The lowest BCUT2D eigenvalue weighted by Gasteiger charge is -2.36.